The van der Waals surface area contributed by atoms with Crippen LogP contribution in [0.15, 0.2) is 34.0 Å². The van der Waals surface area contributed by atoms with Gasteiger partial charge in [0, 0.05) is 31.1 Å². The van der Waals surface area contributed by atoms with Gasteiger partial charge in [0.15, 0.2) is 11.9 Å². The zero-order valence-electron chi connectivity index (χ0n) is 29.4. The summed E-state index contributed by atoms with van der Waals surface area (Å²) in [5, 5.41) is 61.8. The van der Waals surface area contributed by atoms with Crippen molar-refractivity contribution in [2.75, 3.05) is 6.61 Å². The van der Waals surface area contributed by atoms with Crippen LogP contribution in [0, 0.1) is 16.7 Å². The standard InChI is InChI=1S/C35H49NO14/c1-8-18(9-2)49-31(43)36-24(19-11-10-12-46-19)26(40)30(42)50-20-14-35(45)29(48-17(4)37)27-33(7,21(38)13-22-34(27,44)15-47-22)28(41)25(39)23(16(20)3)32(35,5)6/h10-12,18,20-22,24-27,29,38-40,44-45H,8-9,13-15H2,1-7H3,(H,36,43)/t20-,21-,22+,24-,25+,26+,27-,29-,33+,34-,35+/m0/s1. The first-order chi connectivity index (χ1) is 23.3. The van der Waals surface area contributed by atoms with Gasteiger partial charge in [-0.2, -0.15) is 0 Å². The molecule has 1 aromatic rings. The van der Waals surface area contributed by atoms with E-state index in [1.54, 1.807) is 0 Å². The van der Waals surface area contributed by atoms with Gasteiger partial charge in [0.25, 0.3) is 0 Å². The van der Waals surface area contributed by atoms with Crippen molar-refractivity contribution in [3.05, 3.63) is 35.3 Å². The van der Waals surface area contributed by atoms with Gasteiger partial charge in [-0.1, -0.05) is 27.7 Å². The van der Waals surface area contributed by atoms with E-state index in [0.717, 1.165) is 6.92 Å². The maximum absolute atomic E-state index is 14.4. The Morgan fingerprint density at radius 1 is 1.10 bits per heavy atom. The zero-order chi connectivity index (χ0) is 37.1. The van der Waals surface area contributed by atoms with Crippen molar-refractivity contribution >= 4 is 23.8 Å². The maximum Gasteiger partial charge on any atom is 0.408 e. The minimum atomic E-state index is -2.25. The van der Waals surface area contributed by atoms with Gasteiger partial charge < -0.3 is 54.2 Å². The maximum atomic E-state index is 14.4. The summed E-state index contributed by atoms with van der Waals surface area (Å²) in [5.41, 5.74) is -7.44. The van der Waals surface area contributed by atoms with Gasteiger partial charge in [-0.3, -0.25) is 9.59 Å². The lowest BCUT2D eigenvalue weighted by molar-refractivity contribution is -0.345. The molecular formula is C35H49NO14. The SMILES string of the molecule is CCC(CC)OC(=O)N[C@@H](c1ccco1)[C@@H](O)C(=O)O[C@H]1C[C@@]2(O)[C@@H](OC(C)=O)[C@@H]3[C@]4(O)CO[C@@H]4C[C@H](O)[C@@]3(C)C(=O)[C@H](O)C(=C1C)C2(C)C. The van der Waals surface area contributed by atoms with Crippen LogP contribution in [-0.4, -0.2) is 110 Å². The molecule has 50 heavy (non-hydrogen) atoms. The Labute approximate surface area is 289 Å². The fourth-order valence-electron chi connectivity index (χ4n) is 8.69. The Morgan fingerprint density at radius 3 is 2.30 bits per heavy atom. The van der Waals surface area contributed by atoms with Crippen molar-refractivity contribution in [2.24, 2.45) is 16.7 Å². The minimum Gasteiger partial charge on any atom is -0.467 e. The second kappa shape index (κ2) is 13.3. The molecule has 2 heterocycles. The highest BCUT2D eigenvalue weighted by Gasteiger charge is 2.76. The predicted octanol–water partition coefficient (Wildman–Crippen LogP) is 1.38. The van der Waals surface area contributed by atoms with Crippen LogP contribution < -0.4 is 5.32 Å². The number of alkyl carbamates (subject to hydrolysis) is 1. The minimum absolute atomic E-state index is 0.0104. The van der Waals surface area contributed by atoms with E-state index in [9.17, 15) is 44.7 Å². The van der Waals surface area contributed by atoms with Crippen molar-refractivity contribution in [3.8, 4) is 0 Å². The van der Waals surface area contributed by atoms with Crippen molar-refractivity contribution in [2.45, 2.75) is 134 Å². The van der Waals surface area contributed by atoms with Crippen LogP contribution in [0.4, 0.5) is 4.79 Å². The average Bonchev–Trinajstić information content (AvgIpc) is 3.59. The van der Waals surface area contributed by atoms with Crippen molar-refractivity contribution in [3.63, 3.8) is 0 Å². The fraction of sp³-hybridized carbons (Fsp3) is 0.714. The highest BCUT2D eigenvalue weighted by atomic mass is 16.6. The lowest BCUT2D eigenvalue weighted by Crippen LogP contribution is -2.81. The fourth-order valence-corrected chi connectivity index (χ4v) is 8.69. The first-order valence-electron chi connectivity index (χ1n) is 17.0. The van der Waals surface area contributed by atoms with E-state index in [-0.39, 0.29) is 29.9 Å². The number of fused-ring (bicyclic) bond motifs is 5. The number of hydrogen-bond donors (Lipinski definition) is 6. The van der Waals surface area contributed by atoms with E-state index >= 15 is 0 Å². The van der Waals surface area contributed by atoms with Crippen LogP contribution in [0.25, 0.3) is 0 Å². The molecule has 15 nitrogen and oxygen atoms in total. The van der Waals surface area contributed by atoms with Crippen molar-refractivity contribution < 1.29 is 68.1 Å². The molecule has 278 valence electrons. The summed E-state index contributed by atoms with van der Waals surface area (Å²) in [6.07, 6.45) is -9.17. The Hall–Kier alpha value is -3.34. The molecule has 6 N–H and O–H groups in total. The second-order valence-corrected chi connectivity index (χ2v) is 14.8. The highest BCUT2D eigenvalue weighted by Crippen LogP contribution is 2.63. The van der Waals surface area contributed by atoms with Gasteiger partial charge in [0.05, 0.1) is 30.5 Å². The number of aliphatic hydroxyl groups is 5. The number of rotatable bonds is 9. The lowest BCUT2D eigenvalue weighted by atomic mass is 9.45. The molecule has 2 saturated carbocycles. The van der Waals surface area contributed by atoms with E-state index in [0.29, 0.717) is 12.8 Å². The molecule has 1 amide bonds. The predicted molar refractivity (Wildman–Crippen MR) is 171 cm³/mol. The topological polar surface area (TPSA) is 232 Å². The monoisotopic (exact) mass is 707 g/mol. The molecule has 3 fully saturated rings. The van der Waals surface area contributed by atoms with Crippen LogP contribution in [-0.2, 0) is 33.3 Å². The molecule has 2 bridgehead atoms. The summed E-state index contributed by atoms with van der Waals surface area (Å²) in [6.45, 7) is 10.4. The first-order valence-corrected chi connectivity index (χ1v) is 17.0. The third-order valence-corrected chi connectivity index (χ3v) is 11.8. The van der Waals surface area contributed by atoms with Gasteiger partial charge in [0.1, 0.15) is 47.4 Å². The quantitative estimate of drug-likeness (QED) is 0.121. The molecule has 5 rings (SSSR count). The number of aliphatic hydroxyl groups excluding tert-OH is 3. The number of nitrogens with one attached hydrogen (secondary N) is 1. The second-order valence-electron chi connectivity index (χ2n) is 14.8. The van der Waals surface area contributed by atoms with Crippen molar-refractivity contribution in [1.29, 1.82) is 0 Å². The summed E-state index contributed by atoms with van der Waals surface area (Å²) in [6, 6.07) is 1.46. The van der Waals surface area contributed by atoms with Crippen LogP contribution in [0.2, 0.25) is 0 Å². The zero-order valence-corrected chi connectivity index (χ0v) is 29.4. The van der Waals surface area contributed by atoms with Gasteiger partial charge in [-0.25, -0.2) is 9.59 Å². The van der Waals surface area contributed by atoms with Crippen LogP contribution >= 0.6 is 0 Å². The van der Waals surface area contributed by atoms with Crippen LogP contribution in [0.5, 0.6) is 0 Å². The van der Waals surface area contributed by atoms with Crippen molar-refractivity contribution in [1.82, 2.24) is 5.32 Å². The van der Waals surface area contributed by atoms with Gasteiger partial charge >= 0.3 is 18.0 Å². The molecule has 1 aliphatic heterocycles. The lowest BCUT2D eigenvalue weighted by Gasteiger charge is -2.66. The summed E-state index contributed by atoms with van der Waals surface area (Å²) >= 11 is 0. The number of hydrogen-bond acceptors (Lipinski definition) is 14. The number of ether oxygens (including phenoxy) is 4. The normalized spacial score (nSPS) is 37.3. The summed E-state index contributed by atoms with van der Waals surface area (Å²) in [7, 11) is 0. The molecule has 15 heteroatoms. The third kappa shape index (κ3) is 5.75. The van der Waals surface area contributed by atoms with Crippen LogP contribution in [0.3, 0.4) is 0 Å². The molecule has 0 radical (unpaired) electrons. The molecule has 4 aliphatic rings. The highest BCUT2D eigenvalue weighted by molar-refractivity contribution is 5.93. The number of carbonyl (C=O) groups excluding carboxylic acids is 4. The molecule has 3 aliphatic carbocycles. The van der Waals surface area contributed by atoms with Gasteiger partial charge in [-0.15, -0.1) is 0 Å². The summed E-state index contributed by atoms with van der Waals surface area (Å²) in [5.74, 6) is -4.47. The van der Waals surface area contributed by atoms with E-state index in [1.165, 1.54) is 46.1 Å². The Balaban J connectivity index is 1.56. The Bertz CT molecular complexity index is 1520. The van der Waals surface area contributed by atoms with E-state index in [4.69, 9.17) is 23.4 Å². The molecule has 1 saturated heterocycles. The molecule has 11 atom stereocenters. The number of ketones is 1. The van der Waals surface area contributed by atoms with E-state index in [1.807, 2.05) is 13.8 Å². The molecule has 1 aromatic heterocycles. The summed E-state index contributed by atoms with van der Waals surface area (Å²) in [4.78, 5) is 53.6. The number of furan rings is 1. The molecule has 0 unspecified atom stereocenters. The van der Waals surface area contributed by atoms with E-state index in [2.05, 4.69) is 5.32 Å². The summed E-state index contributed by atoms with van der Waals surface area (Å²) < 4.78 is 28.0. The molecule has 0 spiro atoms. The third-order valence-electron chi connectivity index (χ3n) is 11.8. The van der Waals surface area contributed by atoms with Gasteiger partial charge in [0.2, 0.25) is 0 Å². The molecular weight excluding hydrogens is 658 g/mol. The van der Waals surface area contributed by atoms with E-state index < -0.39 is 107 Å². The number of carbonyl (C=O) groups is 4. The van der Waals surface area contributed by atoms with Gasteiger partial charge in [-0.05, 0) is 50.0 Å². The number of amides is 1. The largest absolute Gasteiger partial charge is 0.467 e. The van der Waals surface area contributed by atoms with Crippen LogP contribution in [0.1, 0.15) is 86.0 Å². The first kappa shape index (κ1) is 37.9. The number of esters is 2. The average molecular weight is 708 g/mol. The number of Topliss-reactive ketones (excluding diaryl/α,β-unsaturated/α-hetero) is 1. The Kier molecular flexibility index (Phi) is 10.1. The molecule has 0 aromatic carbocycles. The smallest absolute Gasteiger partial charge is 0.408 e. The Morgan fingerprint density at radius 2 is 1.76 bits per heavy atom.